The Morgan fingerprint density at radius 3 is 2.34 bits per heavy atom. The van der Waals surface area contributed by atoms with Gasteiger partial charge in [0.25, 0.3) is 0 Å². The van der Waals surface area contributed by atoms with E-state index < -0.39 is 6.04 Å². The van der Waals surface area contributed by atoms with Crippen LogP contribution in [0.4, 0.5) is 10.5 Å². The van der Waals surface area contributed by atoms with Crippen molar-refractivity contribution in [3.05, 3.63) is 51.7 Å². The maximum Gasteiger partial charge on any atom is 0.319 e. The molecule has 156 valence electrons. The fourth-order valence-electron chi connectivity index (χ4n) is 3.32. The summed E-state index contributed by atoms with van der Waals surface area (Å²) in [5.74, 6) is -0.0302. The average Bonchev–Trinajstić information content (AvgIpc) is 3.11. The van der Waals surface area contributed by atoms with Crippen LogP contribution in [0.2, 0.25) is 4.34 Å². The summed E-state index contributed by atoms with van der Waals surface area (Å²) < 4.78 is 0.799. The fraction of sp³-hybridized carbons (Fsp3) is 0.429. The van der Waals surface area contributed by atoms with Gasteiger partial charge in [-0.25, -0.2) is 4.79 Å². The summed E-state index contributed by atoms with van der Waals surface area (Å²) in [6.45, 7) is 7.67. The Hall–Kier alpha value is -2.09. The second kappa shape index (κ2) is 10.1. The molecular weight excluding hydrogens is 408 g/mol. The van der Waals surface area contributed by atoms with Crippen LogP contribution in [0.3, 0.4) is 0 Å². The molecular formula is C21H27ClN4O2S. The van der Waals surface area contributed by atoms with Gasteiger partial charge in [0.05, 0.1) is 4.34 Å². The predicted molar refractivity (Wildman–Crippen MR) is 118 cm³/mol. The Balaban J connectivity index is 1.52. The van der Waals surface area contributed by atoms with Crippen LogP contribution in [0.1, 0.15) is 18.7 Å². The van der Waals surface area contributed by atoms with Crippen molar-refractivity contribution in [2.24, 2.45) is 5.92 Å². The highest BCUT2D eigenvalue weighted by Gasteiger charge is 2.30. The number of benzene rings is 1. The molecule has 3 rings (SSSR count). The number of hydrogen-bond acceptors (Lipinski definition) is 4. The molecule has 0 aliphatic carbocycles. The summed E-state index contributed by atoms with van der Waals surface area (Å²) in [5.41, 5.74) is 0.697. The maximum absolute atomic E-state index is 13.0. The number of halogens is 1. The largest absolute Gasteiger partial charge is 0.338 e. The maximum atomic E-state index is 13.0. The second-order valence-corrected chi connectivity index (χ2v) is 9.29. The number of nitrogens with one attached hydrogen (secondary N) is 2. The third-order valence-electron chi connectivity index (χ3n) is 4.94. The third kappa shape index (κ3) is 6.19. The number of piperazine rings is 1. The molecule has 1 aromatic heterocycles. The summed E-state index contributed by atoms with van der Waals surface area (Å²) in [6, 6.07) is 12.3. The first-order valence-electron chi connectivity index (χ1n) is 9.80. The number of nitrogens with zero attached hydrogens (tertiary/aromatic N) is 2. The molecule has 1 unspecified atom stereocenters. The quantitative estimate of drug-likeness (QED) is 0.724. The van der Waals surface area contributed by atoms with Crippen LogP contribution < -0.4 is 10.6 Å². The highest BCUT2D eigenvalue weighted by Crippen LogP contribution is 2.23. The van der Waals surface area contributed by atoms with Gasteiger partial charge in [0, 0.05) is 43.3 Å². The van der Waals surface area contributed by atoms with E-state index in [1.165, 1.54) is 4.88 Å². The first kappa shape index (κ1) is 21.6. The van der Waals surface area contributed by atoms with Crippen LogP contribution in [-0.2, 0) is 11.3 Å². The fourth-order valence-corrected chi connectivity index (χ4v) is 4.45. The topological polar surface area (TPSA) is 64.7 Å². The predicted octanol–water partition coefficient (Wildman–Crippen LogP) is 3.89. The molecule has 8 heteroatoms. The number of rotatable bonds is 6. The van der Waals surface area contributed by atoms with Gasteiger partial charge in [0.15, 0.2) is 0 Å². The Bertz CT molecular complexity index is 819. The Morgan fingerprint density at radius 1 is 1.07 bits per heavy atom. The minimum atomic E-state index is -0.554. The van der Waals surface area contributed by atoms with E-state index in [4.69, 9.17) is 11.6 Å². The summed E-state index contributed by atoms with van der Waals surface area (Å²) in [6.07, 6.45) is 0. The molecule has 2 aromatic rings. The van der Waals surface area contributed by atoms with E-state index in [0.29, 0.717) is 18.8 Å². The number of amides is 3. The molecule has 0 bridgehead atoms. The Morgan fingerprint density at radius 2 is 1.76 bits per heavy atom. The summed E-state index contributed by atoms with van der Waals surface area (Å²) in [5, 5.41) is 5.63. The number of hydrogen-bond donors (Lipinski definition) is 2. The van der Waals surface area contributed by atoms with Crippen LogP contribution in [0.5, 0.6) is 0 Å². The molecule has 2 heterocycles. The van der Waals surface area contributed by atoms with Gasteiger partial charge in [-0.15, -0.1) is 11.3 Å². The van der Waals surface area contributed by atoms with Gasteiger partial charge in [0.1, 0.15) is 6.04 Å². The van der Waals surface area contributed by atoms with E-state index in [1.54, 1.807) is 11.3 Å². The van der Waals surface area contributed by atoms with Gasteiger partial charge in [-0.2, -0.15) is 0 Å². The molecule has 0 radical (unpaired) electrons. The Labute approximate surface area is 180 Å². The first-order chi connectivity index (χ1) is 13.9. The highest BCUT2D eigenvalue weighted by atomic mass is 35.5. The summed E-state index contributed by atoms with van der Waals surface area (Å²) in [7, 11) is 0. The molecule has 6 nitrogen and oxygen atoms in total. The molecule has 1 saturated heterocycles. The van der Waals surface area contributed by atoms with Crippen molar-refractivity contribution in [3.63, 3.8) is 0 Å². The smallest absolute Gasteiger partial charge is 0.319 e. The van der Waals surface area contributed by atoms with Crippen LogP contribution >= 0.6 is 22.9 Å². The van der Waals surface area contributed by atoms with Crippen molar-refractivity contribution in [3.8, 4) is 0 Å². The lowest BCUT2D eigenvalue weighted by atomic mass is 10.0. The SMILES string of the molecule is CC(C)C(NC(=O)Nc1ccccc1)C(=O)N1CCN(Cc2ccc(Cl)s2)CC1. The normalized spacial score (nSPS) is 15.9. The monoisotopic (exact) mass is 434 g/mol. The molecule has 0 spiro atoms. The molecule has 0 saturated carbocycles. The van der Waals surface area contributed by atoms with E-state index in [-0.39, 0.29) is 17.9 Å². The zero-order valence-corrected chi connectivity index (χ0v) is 18.3. The molecule has 1 atom stereocenters. The second-order valence-electron chi connectivity index (χ2n) is 7.49. The van der Waals surface area contributed by atoms with Gasteiger partial charge in [0.2, 0.25) is 5.91 Å². The minimum absolute atomic E-state index is 0.00434. The van der Waals surface area contributed by atoms with Crippen LogP contribution in [0.25, 0.3) is 0 Å². The highest BCUT2D eigenvalue weighted by molar-refractivity contribution is 7.16. The number of para-hydroxylation sites is 1. The van der Waals surface area contributed by atoms with Gasteiger partial charge < -0.3 is 15.5 Å². The molecule has 3 amide bonds. The van der Waals surface area contributed by atoms with Crippen LogP contribution in [0.15, 0.2) is 42.5 Å². The van der Waals surface area contributed by atoms with Gasteiger partial charge >= 0.3 is 6.03 Å². The van der Waals surface area contributed by atoms with Crippen molar-refractivity contribution >= 4 is 40.6 Å². The molecule has 1 aliphatic heterocycles. The number of carbonyl (C=O) groups excluding carboxylic acids is 2. The molecule has 29 heavy (non-hydrogen) atoms. The van der Waals surface area contributed by atoms with Crippen molar-refractivity contribution in [2.45, 2.75) is 26.4 Å². The zero-order chi connectivity index (χ0) is 20.8. The van der Waals surface area contributed by atoms with E-state index in [1.807, 2.05) is 55.1 Å². The van der Waals surface area contributed by atoms with Crippen molar-refractivity contribution in [2.75, 3.05) is 31.5 Å². The molecule has 1 aromatic carbocycles. The standard InChI is InChI=1S/C21H27ClN4O2S/c1-15(2)19(24-21(28)23-16-6-4-3-5-7-16)20(27)26-12-10-25(11-13-26)14-17-8-9-18(22)29-17/h3-9,15,19H,10-14H2,1-2H3,(H2,23,24,28). The third-order valence-corrected chi connectivity index (χ3v) is 6.16. The van der Waals surface area contributed by atoms with E-state index in [9.17, 15) is 9.59 Å². The van der Waals surface area contributed by atoms with Gasteiger partial charge in [-0.05, 0) is 30.2 Å². The van der Waals surface area contributed by atoms with Crippen molar-refractivity contribution in [1.82, 2.24) is 15.1 Å². The lowest BCUT2D eigenvalue weighted by Crippen LogP contribution is -2.56. The minimum Gasteiger partial charge on any atom is -0.338 e. The van der Waals surface area contributed by atoms with Gasteiger partial charge in [-0.1, -0.05) is 43.6 Å². The molecule has 2 N–H and O–H groups in total. The lowest BCUT2D eigenvalue weighted by molar-refractivity contribution is -0.136. The van der Waals surface area contributed by atoms with E-state index in [0.717, 1.165) is 24.0 Å². The Kier molecular flexibility index (Phi) is 7.52. The van der Waals surface area contributed by atoms with E-state index in [2.05, 4.69) is 21.6 Å². The average molecular weight is 435 g/mol. The summed E-state index contributed by atoms with van der Waals surface area (Å²) >= 11 is 7.60. The van der Waals surface area contributed by atoms with Crippen LogP contribution in [0, 0.1) is 5.92 Å². The molecule has 1 aliphatic rings. The number of anilines is 1. The number of carbonyl (C=O) groups is 2. The molecule has 1 fully saturated rings. The lowest BCUT2D eigenvalue weighted by Gasteiger charge is -2.37. The zero-order valence-electron chi connectivity index (χ0n) is 16.7. The van der Waals surface area contributed by atoms with E-state index >= 15 is 0 Å². The number of thiophene rings is 1. The number of urea groups is 1. The summed E-state index contributed by atoms with van der Waals surface area (Å²) in [4.78, 5) is 30.8. The van der Waals surface area contributed by atoms with Crippen molar-refractivity contribution < 1.29 is 9.59 Å². The first-order valence-corrected chi connectivity index (χ1v) is 11.0. The van der Waals surface area contributed by atoms with Crippen LogP contribution in [-0.4, -0.2) is 54.0 Å². The van der Waals surface area contributed by atoms with Crippen molar-refractivity contribution in [1.29, 1.82) is 0 Å². The van der Waals surface area contributed by atoms with Gasteiger partial charge in [-0.3, -0.25) is 9.69 Å².